The third-order valence-corrected chi connectivity index (χ3v) is 432. The van der Waals surface area contributed by atoms with Crippen LogP contribution in [0.5, 0.6) is 0 Å². The maximum atomic E-state index is 12.6. The summed E-state index contributed by atoms with van der Waals surface area (Å²) in [5, 5.41) is 10.5. The van der Waals surface area contributed by atoms with Crippen LogP contribution < -0.4 is 11.1 Å². The number of hydrogen-bond donors (Lipinski definition) is 2. The van der Waals surface area contributed by atoms with Crippen molar-refractivity contribution >= 4 is 495 Å². The summed E-state index contributed by atoms with van der Waals surface area (Å²) >= 11 is 0. The van der Waals surface area contributed by atoms with E-state index in [1.54, 1.807) is 12.1 Å². The predicted octanol–water partition coefficient (Wildman–Crippen LogP) is 38.8. The second-order valence-electron chi connectivity index (χ2n) is 17.5. The second kappa shape index (κ2) is 57.8. The number of nitrogens with zero attached hydrogens (tertiary/aromatic N) is 4. The summed E-state index contributed by atoms with van der Waals surface area (Å²) in [6, 6.07) is 13.9. The molecule has 95 heavy (non-hydrogen) atoms. The van der Waals surface area contributed by atoms with E-state index in [4.69, 9.17) is 10.2 Å². The Labute approximate surface area is 673 Å². The van der Waals surface area contributed by atoms with Crippen LogP contribution in [-0.2, 0) is 16.4 Å². The van der Waals surface area contributed by atoms with Gasteiger partial charge in [-0.3, -0.25) is 4.39 Å². The van der Waals surface area contributed by atoms with Crippen LogP contribution in [0.2, 0.25) is 0 Å². The lowest BCUT2D eigenvalue weighted by molar-refractivity contribution is 0.464. The number of nitrogens with one attached hydrogen (secondary N) is 1. The zero-order chi connectivity index (χ0) is 72.7. The molecule has 3 N–H and O–H groups in total. The van der Waals surface area contributed by atoms with Gasteiger partial charge in [-0.25, -0.2) is 18.4 Å². The molecule has 35 atom stereocenters. The van der Waals surface area contributed by atoms with Gasteiger partial charge >= 0.3 is 0 Å². The van der Waals surface area contributed by atoms with E-state index < -0.39 is 21.8 Å². The van der Waals surface area contributed by atoms with Crippen LogP contribution in [0.25, 0.3) is 34.3 Å². The highest BCUT2D eigenvalue weighted by atomic mass is 33.6. The van der Waals surface area contributed by atoms with E-state index in [0.717, 1.165) is 17.7 Å². The van der Waals surface area contributed by atoms with E-state index in [0.29, 0.717) is 17.1 Å². The fourth-order valence-corrected chi connectivity index (χ4v) is 862. The molecular formula is C24H87FN6O3P60S. The first-order valence-electron chi connectivity index (χ1n) is 24.5. The number of hydrogen-bond acceptors (Lipinski definition) is 9. The Morgan fingerprint density at radius 3 is 1.06 bits per heavy atom. The molecular weight excluding hydrogens is 2330 g/mol. The molecule has 9 nitrogen and oxygen atoms in total. The first-order chi connectivity index (χ1) is 44.1. The maximum Gasteiger partial charge on any atom is 0.270 e. The molecule has 0 spiro atoms. The van der Waals surface area contributed by atoms with Gasteiger partial charge in [-0.2, -0.15) is 0 Å². The van der Waals surface area contributed by atoms with Gasteiger partial charge in [0.1, 0.15) is 0 Å². The molecule has 4 aromatic rings. The van der Waals surface area contributed by atoms with Gasteiger partial charge in [-0.05, 0) is 253 Å². The van der Waals surface area contributed by atoms with Crippen molar-refractivity contribution in [1.29, 1.82) is 0 Å². The average molecular weight is 2420 g/mol. The smallest absolute Gasteiger partial charge is 0.270 e. The van der Waals surface area contributed by atoms with Gasteiger partial charge in [0.25, 0.3) is 5.89 Å². The Morgan fingerprint density at radius 2 is 0.747 bits per heavy atom. The number of aromatic nitrogens is 4. The number of anilines is 1. The highest BCUT2D eigenvalue weighted by Crippen LogP contribution is 3.48. The lowest BCUT2D eigenvalue weighted by Gasteiger charge is -2.60. The van der Waals surface area contributed by atoms with E-state index >= 15 is 0 Å². The Bertz CT molecular complexity index is 2820. The Balaban J connectivity index is 0.000000562. The molecule has 0 bridgehead atoms. The van der Waals surface area contributed by atoms with Crippen LogP contribution in [0.1, 0.15) is 18.9 Å². The topological polar surface area (TPSA) is 137 Å². The molecule has 544 valence electrons. The van der Waals surface area contributed by atoms with E-state index in [1.807, 2.05) is 31.3 Å². The zero-order valence-electron chi connectivity index (χ0n) is 50.1. The zero-order valence-corrected chi connectivity index (χ0v) is 113. The maximum absolute atomic E-state index is 12.6. The van der Waals surface area contributed by atoms with Gasteiger partial charge in [0.2, 0.25) is 5.89 Å². The van der Waals surface area contributed by atoms with Crippen molar-refractivity contribution in [3.8, 4) is 34.3 Å². The molecule has 35 unspecified atom stereocenters. The van der Waals surface area contributed by atoms with Crippen molar-refractivity contribution in [2.75, 3.05) is 19.5 Å². The standard InChI is InChI=1S/C24H25FN6O3S.H62P60/c1-15(11-12-25)35(32,33)19-9-7-17(8-10-19)20-14-28-22(26)21(29-20)24-31-30-23(34-24)18-5-3-16(4-6-18)13-27-2;1-32(2)47(31)55(48(33(3)4)34(5)6)59(56(49(35(7)8)36(9)10)50(37(11)12)38(13)14)60(57(51(39(15)16)40(17)18)52(41(19)20)42(21)22)58(53(43(23)24)44(25)26)54(45(27)28)46(29)30/h3-10,14-15,27H,11-13H2,1-2H3,(H2,26,28);1-31H2. The van der Waals surface area contributed by atoms with Gasteiger partial charge in [-0.1, -0.05) is 24.3 Å². The molecule has 0 saturated carbocycles. The van der Waals surface area contributed by atoms with E-state index in [9.17, 15) is 12.8 Å². The molecule has 71 heteroatoms. The van der Waals surface area contributed by atoms with E-state index in [1.165, 1.54) is 25.3 Å². The molecule has 0 amide bonds. The van der Waals surface area contributed by atoms with E-state index in [2.05, 4.69) is 302 Å². The SMILES string of the molecule is CNCc1ccc(-c2nnc(-c3nc(-c4ccc(S(=O)(=O)C(C)CCF)cc4)cnc3N)o2)cc1.PP(P)P(P)P(P(P(P)P)P(P)P)P(P(P(P(P)P)P(P)P)P(P(P)P)P(P)P)P(P(P(P(P)P)P(P)P)P(P(P)P)P(P)P)P(P(P(P)P)P(P)P)P(P(P)P)P(P)P. The van der Waals surface area contributed by atoms with Crippen molar-refractivity contribution in [3.63, 3.8) is 0 Å². The summed E-state index contributed by atoms with van der Waals surface area (Å²) in [5.74, 6) is 0.553. The number of nitrogens with two attached hydrogens (primary N) is 1. The molecule has 0 fully saturated rings. The summed E-state index contributed by atoms with van der Waals surface area (Å²) in [4.78, 5) is 8.83. The lowest BCUT2D eigenvalue weighted by Crippen LogP contribution is -2.18. The minimum atomic E-state index is -3.62. The highest BCUT2D eigenvalue weighted by Gasteiger charge is 2.61. The molecule has 0 aliphatic carbocycles. The van der Waals surface area contributed by atoms with Gasteiger partial charge in [-0.15, -0.1) is 287 Å². The number of benzene rings is 2. The fraction of sp³-hybridized carbons (Fsp3) is 0.250. The first kappa shape index (κ1) is 111. The molecule has 2 heterocycles. The molecule has 0 aliphatic rings. The van der Waals surface area contributed by atoms with E-state index in [-0.39, 0.29) is 231 Å². The lowest BCUT2D eigenvalue weighted by atomic mass is 10.1. The highest BCUT2D eigenvalue weighted by molar-refractivity contribution is 9.54. The molecule has 2 aromatic heterocycles. The summed E-state index contributed by atoms with van der Waals surface area (Å²) in [6.07, 6.45) is 1.43. The number of alkyl halides is 1. The summed E-state index contributed by atoms with van der Waals surface area (Å²) in [7, 11) is 108. The number of halogens is 1. The largest absolute Gasteiger partial charge is 0.414 e. The van der Waals surface area contributed by atoms with Crippen molar-refractivity contribution in [1.82, 2.24) is 25.5 Å². The number of nitrogen functional groups attached to an aromatic ring is 1. The fourth-order valence-electron chi connectivity index (χ4n) is 6.99. The quantitative estimate of drug-likeness (QED) is 0.0423. The Kier molecular flexibility index (Phi) is 67.7. The van der Waals surface area contributed by atoms with Crippen molar-refractivity contribution < 1.29 is 17.2 Å². The first-order valence-corrected chi connectivity index (χ1v) is 135. The normalized spacial score (nSPS) is 14.7. The minimum Gasteiger partial charge on any atom is -0.414 e. The van der Waals surface area contributed by atoms with Crippen LogP contribution in [0.3, 0.4) is 0 Å². The molecule has 0 saturated heterocycles. The summed E-state index contributed by atoms with van der Waals surface area (Å²) < 4.78 is 43.6. The summed E-state index contributed by atoms with van der Waals surface area (Å²) in [5.41, 5.74) is 9.19. The molecule has 0 aliphatic heterocycles. The van der Waals surface area contributed by atoms with Gasteiger partial charge in [0.05, 0.1) is 28.7 Å². The average Bonchev–Trinajstić information content (AvgIpc) is 0.883. The third kappa shape index (κ3) is 35.6. The molecule has 4 rings (SSSR count). The molecule has 2 aromatic carbocycles. The van der Waals surface area contributed by atoms with Crippen molar-refractivity contribution in [3.05, 3.63) is 60.3 Å². The predicted molar refractivity (Wildman–Crippen MR) is 632 cm³/mol. The summed E-state index contributed by atoms with van der Waals surface area (Å²) in [6.45, 7) is -5.18. The number of sulfone groups is 1. The van der Waals surface area contributed by atoms with Gasteiger partial charge < -0.3 is 15.5 Å². The number of rotatable bonds is 37. The molecule has 0 radical (unpaired) electrons. The monoisotopic (exact) mass is 2420 g/mol. The van der Waals surface area contributed by atoms with Crippen LogP contribution in [0.4, 0.5) is 10.2 Å². The van der Waals surface area contributed by atoms with Crippen LogP contribution in [0.15, 0.2) is 64.0 Å². The minimum absolute atomic E-state index is 0.0524. The van der Waals surface area contributed by atoms with Gasteiger partial charge in [0.15, 0.2) is 21.3 Å². The second-order valence-corrected chi connectivity index (χ2v) is 267. The third-order valence-electron chi connectivity index (χ3n) is 10.8. The van der Waals surface area contributed by atoms with Crippen molar-refractivity contribution in [2.24, 2.45) is 0 Å². The van der Waals surface area contributed by atoms with Crippen LogP contribution in [0, 0.1) is 0 Å². The Hall–Kier alpha value is 22.1. The van der Waals surface area contributed by atoms with Gasteiger partial charge in [0, 0.05) is 17.7 Å². The van der Waals surface area contributed by atoms with Crippen LogP contribution >= 0.6 is 479 Å². The van der Waals surface area contributed by atoms with Crippen molar-refractivity contribution in [2.45, 2.75) is 30.0 Å². The Morgan fingerprint density at radius 1 is 0.442 bits per heavy atom. The van der Waals surface area contributed by atoms with Crippen LogP contribution in [-0.4, -0.2) is 47.6 Å².